The summed E-state index contributed by atoms with van der Waals surface area (Å²) in [6.45, 7) is 0. The fourth-order valence-corrected chi connectivity index (χ4v) is 2.50. The number of hydrogen-bond donors (Lipinski definition) is 2. The molecule has 1 fully saturated rings. The van der Waals surface area contributed by atoms with Crippen LogP contribution in [0, 0.1) is 5.92 Å². The van der Waals surface area contributed by atoms with Crippen molar-refractivity contribution in [3.8, 4) is 0 Å². The summed E-state index contributed by atoms with van der Waals surface area (Å²) in [4.78, 5) is 10.6. The predicted octanol–water partition coefficient (Wildman–Crippen LogP) is 2.49. The maximum Gasteiger partial charge on any atom is 0.307 e. The summed E-state index contributed by atoms with van der Waals surface area (Å²) in [5.41, 5.74) is 2.87. The summed E-state index contributed by atoms with van der Waals surface area (Å²) in [6.07, 6.45) is 3.97. The molecule has 1 aromatic rings. The third-order valence-electron chi connectivity index (χ3n) is 3.45. The highest BCUT2D eigenvalue weighted by Gasteiger charge is 2.23. The van der Waals surface area contributed by atoms with Gasteiger partial charge in [0.1, 0.15) is 0 Å². The zero-order chi connectivity index (χ0) is 13.0. The van der Waals surface area contributed by atoms with Crippen LogP contribution in [0.1, 0.15) is 30.4 Å². The highest BCUT2D eigenvalue weighted by Crippen LogP contribution is 2.26. The first-order chi connectivity index (χ1) is 8.69. The standard InChI is InChI=1S/C14H17NO3/c16-14(17)9-11-6-4-10(5-7-11)8-12-2-1-3-13(12)15-18/h4-7,12,18H,1-3,8-9H2,(H,16,17)/b15-13+. The van der Waals surface area contributed by atoms with Crippen molar-refractivity contribution in [3.63, 3.8) is 0 Å². The Morgan fingerprint density at radius 2 is 1.94 bits per heavy atom. The predicted molar refractivity (Wildman–Crippen MR) is 68.0 cm³/mol. The quantitative estimate of drug-likeness (QED) is 0.634. The van der Waals surface area contributed by atoms with E-state index in [2.05, 4.69) is 5.16 Å². The Balaban J connectivity index is 2.00. The van der Waals surface area contributed by atoms with Gasteiger partial charge >= 0.3 is 5.97 Å². The van der Waals surface area contributed by atoms with E-state index in [-0.39, 0.29) is 6.42 Å². The number of carboxylic acids is 1. The molecule has 1 aliphatic rings. The van der Waals surface area contributed by atoms with E-state index in [0.717, 1.165) is 42.5 Å². The Bertz CT molecular complexity index is 451. The number of benzene rings is 1. The highest BCUT2D eigenvalue weighted by atomic mass is 16.4. The highest BCUT2D eigenvalue weighted by molar-refractivity contribution is 5.88. The largest absolute Gasteiger partial charge is 0.481 e. The lowest BCUT2D eigenvalue weighted by molar-refractivity contribution is -0.136. The molecular formula is C14H17NO3. The molecule has 0 amide bonds. The van der Waals surface area contributed by atoms with E-state index >= 15 is 0 Å². The van der Waals surface area contributed by atoms with Crippen LogP contribution in [-0.2, 0) is 17.6 Å². The summed E-state index contributed by atoms with van der Waals surface area (Å²) in [6, 6.07) is 7.64. The normalized spacial score (nSPS) is 21.3. The molecule has 0 aliphatic heterocycles. The van der Waals surface area contributed by atoms with Crippen molar-refractivity contribution in [1.82, 2.24) is 0 Å². The fraction of sp³-hybridized carbons (Fsp3) is 0.429. The Morgan fingerprint density at radius 3 is 2.56 bits per heavy atom. The molecule has 0 heterocycles. The van der Waals surface area contributed by atoms with Crippen molar-refractivity contribution in [2.24, 2.45) is 11.1 Å². The molecule has 1 aliphatic carbocycles. The van der Waals surface area contributed by atoms with Crippen LogP contribution >= 0.6 is 0 Å². The van der Waals surface area contributed by atoms with Crippen molar-refractivity contribution >= 4 is 11.7 Å². The molecule has 2 rings (SSSR count). The first kappa shape index (κ1) is 12.6. The van der Waals surface area contributed by atoms with Gasteiger partial charge in [0, 0.05) is 5.92 Å². The molecule has 0 radical (unpaired) electrons. The van der Waals surface area contributed by atoms with Crippen LogP contribution in [0.5, 0.6) is 0 Å². The van der Waals surface area contributed by atoms with Gasteiger partial charge in [-0.15, -0.1) is 0 Å². The smallest absolute Gasteiger partial charge is 0.307 e. The number of rotatable bonds is 4. The number of carbonyl (C=O) groups is 1. The monoisotopic (exact) mass is 247 g/mol. The lowest BCUT2D eigenvalue weighted by Gasteiger charge is -2.10. The Hall–Kier alpha value is -1.84. The van der Waals surface area contributed by atoms with Gasteiger partial charge in [-0.1, -0.05) is 29.4 Å². The first-order valence-corrected chi connectivity index (χ1v) is 6.19. The van der Waals surface area contributed by atoms with Crippen molar-refractivity contribution in [3.05, 3.63) is 35.4 Å². The molecule has 1 unspecified atom stereocenters. The zero-order valence-electron chi connectivity index (χ0n) is 10.2. The van der Waals surface area contributed by atoms with Crippen LogP contribution in [0.2, 0.25) is 0 Å². The first-order valence-electron chi connectivity index (χ1n) is 6.19. The van der Waals surface area contributed by atoms with Crippen molar-refractivity contribution < 1.29 is 15.1 Å². The second-order valence-corrected chi connectivity index (χ2v) is 4.77. The molecule has 1 atom stereocenters. The van der Waals surface area contributed by atoms with E-state index < -0.39 is 5.97 Å². The van der Waals surface area contributed by atoms with Gasteiger partial charge in [0.15, 0.2) is 0 Å². The third-order valence-corrected chi connectivity index (χ3v) is 3.45. The minimum atomic E-state index is -0.812. The minimum Gasteiger partial charge on any atom is -0.481 e. The lowest BCUT2D eigenvalue weighted by atomic mass is 9.96. The zero-order valence-corrected chi connectivity index (χ0v) is 10.2. The molecular weight excluding hydrogens is 230 g/mol. The number of oxime groups is 1. The van der Waals surface area contributed by atoms with Gasteiger partial charge in [-0.25, -0.2) is 0 Å². The molecule has 0 spiro atoms. The number of aliphatic carboxylic acids is 1. The molecule has 0 saturated heterocycles. The average molecular weight is 247 g/mol. The van der Waals surface area contributed by atoms with Gasteiger partial charge in [0.05, 0.1) is 12.1 Å². The van der Waals surface area contributed by atoms with Crippen LogP contribution in [-0.4, -0.2) is 22.0 Å². The summed E-state index contributed by atoms with van der Waals surface area (Å²) in [5, 5.41) is 20.9. The van der Waals surface area contributed by atoms with Crippen LogP contribution in [0.15, 0.2) is 29.4 Å². The van der Waals surface area contributed by atoms with E-state index in [9.17, 15) is 4.79 Å². The number of carboxylic acid groups (broad SMARTS) is 1. The minimum absolute atomic E-state index is 0.0626. The number of hydrogen-bond acceptors (Lipinski definition) is 3. The molecule has 0 bridgehead atoms. The topological polar surface area (TPSA) is 69.9 Å². The van der Waals surface area contributed by atoms with E-state index in [0.29, 0.717) is 5.92 Å². The number of nitrogens with zero attached hydrogens (tertiary/aromatic N) is 1. The van der Waals surface area contributed by atoms with Gasteiger partial charge < -0.3 is 10.3 Å². The van der Waals surface area contributed by atoms with Crippen LogP contribution in [0.4, 0.5) is 0 Å². The SMILES string of the molecule is O=C(O)Cc1ccc(CC2CCC/C2=N\O)cc1. The maximum absolute atomic E-state index is 10.6. The second kappa shape index (κ2) is 5.67. The van der Waals surface area contributed by atoms with E-state index in [4.69, 9.17) is 10.3 Å². The summed E-state index contributed by atoms with van der Waals surface area (Å²) in [5.74, 6) is -0.478. The van der Waals surface area contributed by atoms with Gasteiger partial charge in [-0.2, -0.15) is 0 Å². The van der Waals surface area contributed by atoms with Gasteiger partial charge in [0.2, 0.25) is 0 Å². The summed E-state index contributed by atoms with van der Waals surface area (Å²) < 4.78 is 0. The van der Waals surface area contributed by atoms with Crippen LogP contribution in [0.3, 0.4) is 0 Å². The molecule has 96 valence electrons. The summed E-state index contributed by atoms with van der Waals surface area (Å²) in [7, 11) is 0. The molecule has 4 nitrogen and oxygen atoms in total. The van der Waals surface area contributed by atoms with E-state index in [1.54, 1.807) is 0 Å². The van der Waals surface area contributed by atoms with Crippen molar-refractivity contribution in [2.45, 2.75) is 32.1 Å². The van der Waals surface area contributed by atoms with Gasteiger partial charge in [-0.3, -0.25) is 4.79 Å². The maximum atomic E-state index is 10.6. The second-order valence-electron chi connectivity index (χ2n) is 4.77. The third kappa shape index (κ3) is 3.09. The van der Waals surface area contributed by atoms with Crippen LogP contribution in [0.25, 0.3) is 0 Å². The van der Waals surface area contributed by atoms with Crippen molar-refractivity contribution in [2.75, 3.05) is 0 Å². The van der Waals surface area contributed by atoms with Crippen molar-refractivity contribution in [1.29, 1.82) is 0 Å². The lowest BCUT2D eigenvalue weighted by Crippen LogP contribution is -2.10. The molecule has 2 N–H and O–H groups in total. The molecule has 18 heavy (non-hydrogen) atoms. The Morgan fingerprint density at radius 1 is 1.28 bits per heavy atom. The van der Waals surface area contributed by atoms with Crippen LogP contribution < -0.4 is 0 Å². The molecule has 1 saturated carbocycles. The van der Waals surface area contributed by atoms with Gasteiger partial charge in [-0.05, 0) is 36.8 Å². The fourth-order valence-electron chi connectivity index (χ4n) is 2.50. The van der Waals surface area contributed by atoms with Gasteiger partial charge in [0.25, 0.3) is 0 Å². The average Bonchev–Trinajstić information content (AvgIpc) is 2.78. The Labute approximate surface area is 106 Å². The molecule has 1 aromatic carbocycles. The summed E-state index contributed by atoms with van der Waals surface area (Å²) >= 11 is 0. The molecule has 0 aromatic heterocycles. The molecule has 4 heteroatoms. The Kier molecular flexibility index (Phi) is 3.97. The van der Waals surface area contributed by atoms with E-state index in [1.165, 1.54) is 0 Å². The van der Waals surface area contributed by atoms with E-state index in [1.807, 2.05) is 24.3 Å².